The zero-order valence-electron chi connectivity index (χ0n) is 13.5. The standard InChI is InChI=1S/C16H18N4O4/c1-10-7-20(13-6-4-3-5-12(13)18-16(10)22)15(21)9-23-8-14-17-11(2)19-24-14/h3-6,10H,7-9H2,1-2H3,(H,18,22). The molecule has 1 aromatic carbocycles. The minimum atomic E-state index is -0.319. The molecule has 1 aliphatic heterocycles. The number of ether oxygens (including phenoxy) is 1. The van der Waals surface area contributed by atoms with E-state index in [9.17, 15) is 9.59 Å². The van der Waals surface area contributed by atoms with Crippen molar-refractivity contribution < 1.29 is 18.8 Å². The Labute approximate surface area is 138 Å². The number of aryl methyl sites for hydroxylation is 1. The molecular formula is C16H18N4O4. The van der Waals surface area contributed by atoms with Gasteiger partial charge in [0.2, 0.25) is 5.91 Å². The van der Waals surface area contributed by atoms with E-state index in [4.69, 9.17) is 9.26 Å². The number of anilines is 2. The van der Waals surface area contributed by atoms with E-state index < -0.39 is 0 Å². The van der Waals surface area contributed by atoms with E-state index in [1.54, 1.807) is 30.9 Å². The number of benzene rings is 1. The molecule has 2 amide bonds. The van der Waals surface area contributed by atoms with E-state index >= 15 is 0 Å². The second-order valence-electron chi connectivity index (χ2n) is 5.64. The van der Waals surface area contributed by atoms with Gasteiger partial charge in [-0.3, -0.25) is 9.59 Å². The first-order valence-corrected chi connectivity index (χ1v) is 7.62. The maximum absolute atomic E-state index is 12.6. The van der Waals surface area contributed by atoms with Crippen LogP contribution in [0.25, 0.3) is 0 Å². The van der Waals surface area contributed by atoms with Gasteiger partial charge < -0.3 is 19.5 Å². The number of amides is 2. The predicted molar refractivity (Wildman–Crippen MR) is 85.3 cm³/mol. The average Bonchev–Trinajstić information content (AvgIpc) is 2.92. The van der Waals surface area contributed by atoms with Crippen molar-refractivity contribution in [1.82, 2.24) is 10.1 Å². The maximum atomic E-state index is 12.6. The lowest BCUT2D eigenvalue weighted by Gasteiger charge is -2.23. The van der Waals surface area contributed by atoms with Gasteiger partial charge in [-0.1, -0.05) is 24.2 Å². The fourth-order valence-electron chi connectivity index (χ4n) is 2.46. The molecule has 126 valence electrons. The summed E-state index contributed by atoms with van der Waals surface area (Å²) in [5.74, 6) is 0.170. The third-order valence-electron chi connectivity index (χ3n) is 3.68. The summed E-state index contributed by atoms with van der Waals surface area (Å²) in [4.78, 5) is 30.2. The highest BCUT2D eigenvalue weighted by molar-refractivity contribution is 6.04. The van der Waals surface area contributed by atoms with E-state index in [1.807, 2.05) is 12.1 Å². The van der Waals surface area contributed by atoms with Crippen molar-refractivity contribution in [2.45, 2.75) is 20.5 Å². The molecule has 0 radical (unpaired) electrons. The fraction of sp³-hybridized carbons (Fsp3) is 0.375. The van der Waals surface area contributed by atoms with Crippen molar-refractivity contribution in [3.05, 3.63) is 36.0 Å². The summed E-state index contributed by atoms with van der Waals surface area (Å²) in [5, 5.41) is 6.49. The lowest BCUT2D eigenvalue weighted by atomic mass is 10.1. The van der Waals surface area contributed by atoms with Gasteiger partial charge in [-0.25, -0.2) is 0 Å². The molecule has 0 aliphatic carbocycles. The van der Waals surface area contributed by atoms with Crippen molar-refractivity contribution in [3.8, 4) is 0 Å². The summed E-state index contributed by atoms with van der Waals surface area (Å²) in [6.07, 6.45) is 0. The second-order valence-corrected chi connectivity index (χ2v) is 5.64. The van der Waals surface area contributed by atoms with Crippen molar-refractivity contribution in [3.63, 3.8) is 0 Å². The Balaban J connectivity index is 1.69. The van der Waals surface area contributed by atoms with Crippen molar-refractivity contribution >= 4 is 23.2 Å². The summed E-state index contributed by atoms with van der Waals surface area (Å²) in [5.41, 5.74) is 1.28. The normalized spacial score (nSPS) is 17.2. The highest BCUT2D eigenvalue weighted by Gasteiger charge is 2.28. The molecule has 1 unspecified atom stereocenters. The number of aromatic nitrogens is 2. The Kier molecular flexibility index (Phi) is 4.57. The first-order chi connectivity index (χ1) is 11.5. The van der Waals surface area contributed by atoms with Crippen LogP contribution >= 0.6 is 0 Å². The number of fused-ring (bicyclic) bond motifs is 1. The molecule has 1 N–H and O–H groups in total. The van der Waals surface area contributed by atoms with Crippen molar-refractivity contribution in [1.29, 1.82) is 0 Å². The Hall–Kier alpha value is -2.74. The van der Waals surface area contributed by atoms with Gasteiger partial charge in [-0.05, 0) is 19.1 Å². The zero-order valence-corrected chi connectivity index (χ0v) is 13.5. The number of hydrogen-bond donors (Lipinski definition) is 1. The number of nitrogens with one attached hydrogen (secondary N) is 1. The number of nitrogens with zero attached hydrogens (tertiary/aromatic N) is 3. The first kappa shape index (κ1) is 16.1. The second kappa shape index (κ2) is 6.79. The van der Waals surface area contributed by atoms with Crippen LogP contribution in [0.15, 0.2) is 28.8 Å². The lowest BCUT2D eigenvalue weighted by molar-refractivity contribution is -0.124. The van der Waals surface area contributed by atoms with E-state index in [0.717, 1.165) is 0 Å². The highest BCUT2D eigenvalue weighted by Crippen LogP contribution is 2.29. The van der Waals surface area contributed by atoms with Gasteiger partial charge in [0.1, 0.15) is 13.2 Å². The monoisotopic (exact) mass is 330 g/mol. The van der Waals surface area contributed by atoms with E-state index in [0.29, 0.717) is 29.6 Å². The van der Waals surface area contributed by atoms with Gasteiger partial charge in [0.15, 0.2) is 5.82 Å². The summed E-state index contributed by atoms with van der Waals surface area (Å²) in [6.45, 7) is 3.71. The summed E-state index contributed by atoms with van der Waals surface area (Å²) in [7, 11) is 0. The number of carbonyl (C=O) groups is 2. The molecular weight excluding hydrogens is 312 g/mol. The number of para-hydroxylation sites is 2. The van der Waals surface area contributed by atoms with Gasteiger partial charge in [-0.2, -0.15) is 4.98 Å². The molecule has 0 bridgehead atoms. The van der Waals surface area contributed by atoms with Crippen molar-refractivity contribution in [2.24, 2.45) is 5.92 Å². The zero-order chi connectivity index (χ0) is 17.1. The van der Waals surface area contributed by atoms with Crippen LogP contribution in [0.4, 0.5) is 11.4 Å². The molecule has 1 atom stereocenters. The Bertz CT molecular complexity index is 758. The van der Waals surface area contributed by atoms with Gasteiger partial charge in [-0.15, -0.1) is 0 Å². The topological polar surface area (TPSA) is 97.6 Å². The molecule has 8 heteroatoms. The van der Waals surface area contributed by atoms with E-state index in [-0.39, 0.29) is 30.9 Å². The van der Waals surface area contributed by atoms with E-state index in [2.05, 4.69) is 15.5 Å². The van der Waals surface area contributed by atoms with Crippen LogP contribution in [-0.2, 0) is 20.9 Å². The Morgan fingerprint density at radius 1 is 1.46 bits per heavy atom. The Morgan fingerprint density at radius 3 is 3.00 bits per heavy atom. The molecule has 3 rings (SSSR count). The SMILES string of the molecule is Cc1noc(COCC(=O)N2CC(C)C(=O)Nc3ccccc32)n1. The molecule has 8 nitrogen and oxygen atoms in total. The molecule has 2 aromatic rings. The number of hydrogen-bond acceptors (Lipinski definition) is 6. The van der Waals surface area contributed by atoms with Crippen LogP contribution in [0.5, 0.6) is 0 Å². The molecule has 24 heavy (non-hydrogen) atoms. The van der Waals surface area contributed by atoms with Crippen LogP contribution in [0, 0.1) is 12.8 Å². The van der Waals surface area contributed by atoms with Crippen LogP contribution in [0.3, 0.4) is 0 Å². The summed E-state index contributed by atoms with van der Waals surface area (Å²) >= 11 is 0. The Morgan fingerprint density at radius 2 is 2.25 bits per heavy atom. The molecule has 2 heterocycles. The third kappa shape index (κ3) is 3.43. The number of carbonyl (C=O) groups excluding carboxylic acids is 2. The van der Waals surface area contributed by atoms with Crippen LogP contribution in [0.1, 0.15) is 18.6 Å². The summed E-state index contributed by atoms with van der Waals surface area (Å²) in [6, 6.07) is 7.20. The van der Waals surface area contributed by atoms with Crippen molar-refractivity contribution in [2.75, 3.05) is 23.4 Å². The highest BCUT2D eigenvalue weighted by atomic mass is 16.5. The number of rotatable bonds is 4. The molecule has 1 aromatic heterocycles. The van der Waals surface area contributed by atoms with E-state index in [1.165, 1.54) is 0 Å². The van der Waals surface area contributed by atoms with Gasteiger partial charge in [0, 0.05) is 6.54 Å². The predicted octanol–water partition coefficient (Wildman–Crippen LogP) is 1.52. The molecule has 0 fully saturated rings. The summed E-state index contributed by atoms with van der Waals surface area (Å²) < 4.78 is 10.3. The molecule has 1 aliphatic rings. The fourth-order valence-corrected chi connectivity index (χ4v) is 2.46. The van der Waals surface area contributed by atoms with Gasteiger partial charge >= 0.3 is 0 Å². The van der Waals surface area contributed by atoms with Gasteiger partial charge in [0.05, 0.1) is 17.3 Å². The van der Waals surface area contributed by atoms with Crippen LogP contribution in [0.2, 0.25) is 0 Å². The largest absolute Gasteiger partial charge is 0.362 e. The third-order valence-corrected chi connectivity index (χ3v) is 3.68. The molecule has 0 spiro atoms. The first-order valence-electron chi connectivity index (χ1n) is 7.62. The lowest BCUT2D eigenvalue weighted by Crippen LogP contribution is -2.38. The smallest absolute Gasteiger partial charge is 0.253 e. The molecule has 0 saturated heterocycles. The quantitative estimate of drug-likeness (QED) is 0.913. The molecule has 0 saturated carbocycles. The minimum absolute atomic E-state index is 0.0643. The average molecular weight is 330 g/mol. The van der Waals surface area contributed by atoms with Crippen LogP contribution < -0.4 is 10.2 Å². The minimum Gasteiger partial charge on any atom is -0.362 e. The maximum Gasteiger partial charge on any atom is 0.253 e. The van der Waals surface area contributed by atoms with Gasteiger partial charge in [0.25, 0.3) is 11.8 Å². The van der Waals surface area contributed by atoms with Crippen LogP contribution in [-0.4, -0.2) is 35.1 Å².